The van der Waals surface area contributed by atoms with Crippen LogP contribution in [0, 0.1) is 0 Å². The van der Waals surface area contributed by atoms with E-state index < -0.39 is 10.8 Å². The van der Waals surface area contributed by atoms with Crippen LogP contribution in [0.15, 0.2) is 30.5 Å². The summed E-state index contributed by atoms with van der Waals surface area (Å²) in [5, 5.41) is 4.25. The first-order valence-electron chi connectivity index (χ1n) is 5.35. The maximum absolute atomic E-state index is 11.0. The standard InChI is InChI=1S/C12H15N3OS/c1-17(16)8-7-14-11-5-4-10(13)12-9(11)3-2-6-15-12/h2-6,14H,7-8,13H2,1H3. The van der Waals surface area contributed by atoms with E-state index in [1.54, 1.807) is 12.5 Å². The van der Waals surface area contributed by atoms with Crippen LogP contribution in [-0.4, -0.2) is 27.7 Å². The molecule has 0 spiro atoms. The zero-order valence-electron chi connectivity index (χ0n) is 9.64. The largest absolute Gasteiger partial charge is 0.397 e. The van der Waals surface area contributed by atoms with Crippen LogP contribution in [0.4, 0.5) is 11.4 Å². The number of nitrogens with two attached hydrogens (primary N) is 1. The van der Waals surface area contributed by atoms with Gasteiger partial charge in [0, 0.05) is 46.6 Å². The van der Waals surface area contributed by atoms with Crippen molar-refractivity contribution < 1.29 is 4.21 Å². The summed E-state index contributed by atoms with van der Waals surface area (Å²) in [6, 6.07) is 7.62. The normalized spacial score (nSPS) is 12.5. The third kappa shape index (κ3) is 2.74. The molecule has 1 atom stereocenters. The molecule has 0 aliphatic carbocycles. The predicted octanol–water partition coefficient (Wildman–Crippen LogP) is 1.61. The Balaban J connectivity index is 2.28. The quantitative estimate of drug-likeness (QED) is 0.808. The van der Waals surface area contributed by atoms with E-state index in [-0.39, 0.29) is 0 Å². The second-order valence-electron chi connectivity index (χ2n) is 3.81. The minimum atomic E-state index is -0.780. The Morgan fingerprint density at radius 2 is 2.24 bits per heavy atom. The summed E-state index contributed by atoms with van der Waals surface area (Å²) in [4.78, 5) is 4.26. The lowest BCUT2D eigenvalue weighted by molar-refractivity contribution is 0.687. The number of fused-ring (bicyclic) bond motifs is 1. The fourth-order valence-corrected chi connectivity index (χ4v) is 2.07. The molecular formula is C12H15N3OS. The minimum absolute atomic E-state index is 0.631. The zero-order chi connectivity index (χ0) is 12.3. The number of aromatic nitrogens is 1. The fraction of sp³-hybridized carbons (Fsp3) is 0.250. The molecule has 2 rings (SSSR count). The van der Waals surface area contributed by atoms with Crippen molar-refractivity contribution in [1.82, 2.24) is 4.98 Å². The van der Waals surface area contributed by atoms with E-state index >= 15 is 0 Å². The van der Waals surface area contributed by atoms with Crippen LogP contribution in [-0.2, 0) is 10.8 Å². The molecule has 17 heavy (non-hydrogen) atoms. The highest BCUT2D eigenvalue weighted by Crippen LogP contribution is 2.26. The van der Waals surface area contributed by atoms with Gasteiger partial charge in [0.2, 0.25) is 0 Å². The highest BCUT2D eigenvalue weighted by Gasteiger charge is 2.04. The van der Waals surface area contributed by atoms with Crippen LogP contribution in [0.25, 0.3) is 10.9 Å². The van der Waals surface area contributed by atoms with E-state index in [2.05, 4.69) is 10.3 Å². The van der Waals surface area contributed by atoms with E-state index in [0.29, 0.717) is 18.0 Å². The lowest BCUT2D eigenvalue weighted by atomic mass is 10.1. The van der Waals surface area contributed by atoms with Crippen molar-refractivity contribution in [3.05, 3.63) is 30.5 Å². The number of anilines is 2. The number of rotatable bonds is 4. The summed E-state index contributed by atoms with van der Waals surface area (Å²) in [5.41, 5.74) is 8.32. The van der Waals surface area contributed by atoms with E-state index in [0.717, 1.165) is 16.6 Å². The van der Waals surface area contributed by atoms with Crippen LogP contribution in [0.3, 0.4) is 0 Å². The van der Waals surface area contributed by atoms with Gasteiger partial charge in [-0.1, -0.05) is 0 Å². The number of benzene rings is 1. The van der Waals surface area contributed by atoms with Crippen molar-refractivity contribution >= 4 is 33.1 Å². The molecule has 0 aliphatic rings. The van der Waals surface area contributed by atoms with Crippen molar-refractivity contribution in [1.29, 1.82) is 0 Å². The van der Waals surface area contributed by atoms with E-state index in [1.165, 1.54) is 0 Å². The van der Waals surface area contributed by atoms with E-state index in [1.807, 2.05) is 24.3 Å². The van der Waals surface area contributed by atoms with Gasteiger partial charge in [0.15, 0.2) is 0 Å². The summed E-state index contributed by atoms with van der Waals surface area (Å²) in [6.45, 7) is 0.678. The first-order chi connectivity index (χ1) is 8.18. The monoisotopic (exact) mass is 249 g/mol. The van der Waals surface area contributed by atoms with Crippen molar-refractivity contribution in [3.8, 4) is 0 Å². The molecule has 2 aromatic rings. The molecule has 0 aliphatic heterocycles. The molecule has 5 heteroatoms. The number of nitrogens with one attached hydrogen (secondary N) is 1. The van der Waals surface area contributed by atoms with Crippen molar-refractivity contribution in [3.63, 3.8) is 0 Å². The topological polar surface area (TPSA) is 68.0 Å². The average molecular weight is 249 g/mol. The van der Waals surface area contributed by atoms with Gasteiger partial charge < -0.3 is 11.1 Å². The lowest BCUT2D eigenvalue weighted by Gasteiger charge is -2.10. The van der Waals surface area contributed by atoms with Gasteiger partial charge in [-0.05, 0) is 24.3 Å². The van der Waals surface area contributed by atoms with Crippen LogP contribution in [0.5, 0.6) is 0 Å². The van der Waals surface area contributed by atoms with Crippen molar-refractivity contribution in [2.45, 2.75) is 0 Å². The smallest absolute Gasteiger partial charge is 0.0951 e. The minimum Gasteiger partial charge on any atom is -0.397 e. The fourth-order valence-electron chi connectivity index (χ4n) is 1.68. The summed E-state index contributed by atoms with van der Waals surface area (Å²) < 4.78 is 11.0. The van der Waals surface area contributed by atoms with E-state index in [9.17, 15) is 4.21 Å². The van der Waals surface area contributed by atoms with Crippen LogP contribution in [0.1, 0.15) is 0 Å². The Kier molecular flexibility index (Phi) is 3.58. The SMILES string of the molecule is CS(=O)CCNc1ccc(N)c2ncccc12. The number of nitrogens with zero attached hydrogens (tertiary/aromatic N) is 1. The molecule has 0 saturated carbocycles. The maximum atomic E-state index is 11.0. The van der Waals surface area contributed by atoms with Crippen LogP contribution >= 0.6 is 0 Å². The van der Waals surface area contributed by atoms with Gasteiger partial charge in [-0.3, -0.25) is 9.19 Å². The summed E-state index contributed by atoms with van der Waals surface area (Å²) >= 11 is 0. The third-order valence-corrected chi connectivity index (χ3v) is 3.28. The summed E-state index contributed by atoms with van der Waals surface area (Å²) in [6.07, 6.45) is 3.42. The number of hydrogen-bond donors (Lipinski definition) is 2. The van der Waals surface area contributed by atoms with Gasteiger partial charge in [0.1, 0.15) is 0 Å². The molecule has 1 aromatic carbocycles. The molecule has 4 nitrogen and oxygen atoms in total. The average Bonchev–Trinajstić information content (AvgIpc) is 2.32. The Bertz CT molecular complexity index is 556. The Hall–Kier alpha value is -1.62. The second kappa shape index (κ2) is 5.14. The van der Waals surface area contributed by atoms with Gasteiger partial charge in [-0.15, -0.1) is 0 Å². The molecular weight excluding hydrogens is 234 g/mol. The van der Waals surface area contributed by atoms with Gasteiger partial charge in [-0.2, -0.15) is 0 Å². The number of hydrogen-bond acceptors (Lipinski definition) is 4. The maximum Gasteiger partial charge on any atom is 0.0951 e. The van der Waals surface area contributed by atoms with Gasteiger partial charge in [-0.25, -0.2) is 0 Å². The Morgan fingerprint density at radius 3 is 3.00 bits per heavy atom. The molecule has 1 aromatic heterocycles. The molecule has 90 valence electrons. The lowest BCUT2D eigenvalue weighted by Crippen LogP contribution is -2.10. The molecule has 1 unspecified atom stereocenters. The second-order valence-corrected chi connectivity index (χ2v) is 5.36. The van der Waals surface area contributed by atoms with Gasteiger partial charge >= 0.3 is 0 Å². The van der Waals surface area contributed by atoms with Crippen molar-refractivity contribution in [2.75, 3.05) is 29.6 Å². The summed E-state index contributed by atoms with van der Waals surface area (Å²) in [7, 11) is -0.780. The molecule has 0 bridgehead atoms. The Morgan fingerprint density at radius 1 is 1.41 bits per heavy atom. The molecule has 3 N–H and O–H groups in total. The van der Waals surface area contributed by atoms with Gasteiger partial charge in [0.05, 0.1) is 11.2 Å². The summed E-state index contributed by atoms with van der Waals surface area (Å²) in [5.74, 6) is 0.631. The first kappa shape index (κ1) is 11.9. The van der Waals surface area contributed by atoms with Crippen LogP contribution < -0.4 is 11.1 Å². The zero-order valence-corrected chi connectivity index (χ0v) is 10.5. The Labute approximate surface area is 103 Å². The molecule has 0 saturated heterocycles. The third-order valence-electron chi connectivity index (χ3n) is 2.51. The van der Waals surface area contributed by atoms with E-state index in [4.69, 9.17) is 5.73 Å². The van der Waals surface area contributed by atoms with Crippen molar-refractivity contribution in [2.24, 2.45) is 0 Å². The van der Waals surface area contributed by atoms with Gasteiger partial charge in [0.25, 0.3) is 0 Å². The molecule has 0 radical (unpaired) electrons. The molecule has 0 fully saturated rings. The predicted molar refractivity (Wildman–Crippen MR) is 73.6 cm³/mol. The highest BCUT2D eigenvalue weighted by atomic mass is 32.2. The first-order valence-corrected chi connectivity index (χ1v) is 7.08. The molecule has 1 heterocycles. The molecule has 0 amide bonds. The number of nitrogen functional groups attached to an aromatic ring is 1. The van der Waals surface area contributed by atoms with Crippen LogP contribution in [0.2, 0.25) is 0 Å². The highest BCUT2D eigenvalue weighted by molar-refractivity contribution is 7.84. The number of pyridine rings is 1.